The molecule has 0 bridgehead atoms. The van der Waals surface area contributed by atoms with Gasteiger partial charge in [-0.25, -0.2) is 4.39 Å². The third-order valence-electron chi connectivity index (χ3n) is 5.54. The van der Waals surface area contributed by atoms with Crippen molar-refractivity contribution in [2.45, 2.75) is 13.0 Å². The molecule has 1 saturated heterocycles. The van der Waals surface area contributed by atoms with Gasteiger partial charge in [-0.05, 0) is 30.0 Å². The Balaban J connectivity index is 1.39. The number of aliphatic hydroxyl groups excluding tert-OH is 1. The van der Waals surface area contributed by atoms with E-state index in [0.717, 1.165) is 50.5 Å². The molecular formula is C22H27FN4O2S. The van der Waals surface area contributed by atoms with E-state index in [1.54, 1.807) is 17.4 Å². The molecule has 30 heavy (non-hydrogen) atoms. The zero-order chi connectivity index (χ0) is 20.9. The number of para-hydroxylation sites is 1. The van der Waals surface area contributed by atoms with Gasteiger partial charge < -0.3 is 14.7 Å². The quantitative estimate of drug-likeness (QED) is 0.595. The Bertz CT molecular complexity index is 952. The molecule has 0 saturated carbocycles. The first-order valence-corrected chi connectivity index (χ1v) is 11.1. The molecule has 1 aromatic carbocycles. The van der Waals surface area contributed by atoms with E-state index in [-0.39, 0.29) is 12.4 Å². The summed E-state index contributed by atoms with van der Waals surface area (Å²) in [5.74, 6) is 0.00117. The van der Waals surface area contributed by atoms with Crippen LogP contribution in [0.5, 0.6) is 5.75 Å². The lowest BCUT2D eigenvalue weighted by atomic mass is 10.1. The summed E-state index contributed by atoms with van der Waals surface area (Å²) in [6, 6.07) is 9.22. The second-order valence-corrected chi connectivity index (χ2v) is 8.26. The standard InChI is InChI=1S/C22H27FN4O2S/c1-29-22-18(23)4-2-5-19(22)26-11-9-25(10-12-26)8-7-17-16-24-27(13-14-28)21(17)20-6-3-15-30-20/h2-6,15-16,28H,7-14H2,1H3. The maximum atomic E-state index is 14.0. The molecular weight excluding hydrogens is 403 g/mol. The van der Waals surface area contributed by atoms with E-state index in [1.165, 1.54) is 23.6 Å². The van der Waals surface area contributed by atoms with Crippen LogP contribution in [-0.2, 0) is 13.0 Å². The Hall–Kier alpha value is -2.42. The van der Waals surface area contributed by atoms with Crippen molar-refractivity contribution in [1.29, 1.82) is 0 Å². The Morgan fingerprint density at radius 2 is 1.97 bits per heavy atom. The SMILES string of the molecule is COc1c(F)cccc1N1CCN(CCc2cnn(CCO)c2-c2cccs2)CC1. The van der Waals surface area contributed by atoms with Crippen molar-refractivity contribution < 1.29 is 14.2 Å². The number of halogens is 1. The highest BCUT2D eigenvalue weighted by Crippen LogP contribution is 2.32. The van der Waals surface area contributed by atoms with Gasteiger partial charge in [0.05, 0.1) is 42.7 Å². The van der Waals surface area contributed by atoms with Crippen molar-refractivity contribution in [3.8, 4) is 16.3 Å². The first-order chi connectivity index (χ1) is 14.7. The van der Waals surface area contributed by atoms with E-state index in [0.29, 0.717) is 12.3 Å². The highest BCUT2D eigenvalue weighted by molar-refractivity contribution is 7.13. The monoisotopic (exact) mass is 430 g/mol. The molecule has 0 radical (unpaired) electrons. The molecule has 0 aliphatic carbocycles. The lowest BCUT2D eigenvalue weighted by Gasteiger charge is -2.36. The molecule has 0 atom stereocenters. The number of hydrogen-bond donors (Lipinski definition) is 1. The van der Waals surface area contributed by atoms with Crippen molar-refractivity contribution in [1.82, 2.24) is 14.7 Å². The molecule has 1 fully saturated rings. The predicted molar refractivity (Wildman–Crippen MR) is 118 cm³/mol. The Morgan fingerprint density at radius 1 is 1.13 bits per heavy atom. The number of nitrogens with zero attached hydrogens (tertiary/aromatic N) is 4. The highest BCUT2D eigenvalue weighted by atomic mass is 32.1. The average Bonchev–Trinajstić information content (AvgIpc) is 3.42. The first kappa shape index (κ1) is 20.8. The number of aliphatic hydroxyl groups is 1. The highest BCUT2D eigenvalue weighted by Gasteiger charge is 2.22. The lowest BCUT2D eigenvalue weighted by Crippen LogP contribution is -2.47. The molecule has 0 unspecified atom stereocenters. The molecule has 160 valence electrons. The molecule has 1 aliphatic heterocycles. The zero-order valence-electron chi connectivity index (χ0n) is 17.1. The van der Waals surface area contributed by atoms with Gasteiger partial charge in [0.15, 0.2) is 11.6 Å². The molecule has 1 N–H and O–H groups in total. The largest absolute Gasteiger partial charge is 0.492 e. The zero-order valence-corrected chi connectivity index (χ0v) is 17.9. The number of piperazine rings is 1. The van der Waals surface area contributed by atoms with E-state index in [1.807, 2.05) is 23.0 Å². The Morgan fingerprint density at radius 3 is 2.67 bits per heavy atom. The third-order valence-corrected chi connectivity index (χ3v) is 6.42. The molecule has 1 aliphatic rings. The lowest BCUT2D eigenvalue weighted by molar-refractivity contribution is 0.259. The van der Waals surface area contributed by atoms with Gasteiger partial charge in [0, 0.05) is 38.3 Å². The van der Waals surface area contributed by atoms with Crippen LogP contribution in [0.2, 0.25) is 0 Å². The van der Waals surface area contributed by atoms with Gasteiger partial charge >= 0.3 is 0 Å². The van der Waals surface area contributed by atoms with Crippen LogP contribution in [0.4, 0.5) is 10.1 Å². The molecule has 2 aromatic heterocycles. The van der Waals surface area contributed by atoms with Crippen LogP contribution in [0.25, 0.3) is 10.6 Å². The summed E-state index contributed by atoms with van der Waals surface area (Å²) >= 11 is 1.69. The van der Waals surface area contributed by atoms with Crippen molar-refractivity contribution in [2.75, 3.05) is 51.3 Å². The van der Waals surface area contributed by atoms with Crippen LogP contribution in [0.15, 0.2) is 41.9 Å². The second kappa shape index (κ2) is 9.59. The number of benzene rings is 1. The number of hydrogen-bond acceptors (Lipinski definition) is 6. The summed E-state index contributed by atoms with van der Waals surface area (Å²) in [5.41, 5.74) is 3.14. The van der Waals surface area contributed by atoms with Gasteiger partial charge in [-0.2, -0.15) is 5.10 Å². The first-order valence-electron chi connectivity index (χ1n) is 10.2. The van der Waals surface area contributed by atoms with Crippen molar-refractivity contribution in [3.63, 3.8) is 0 Å². The maximum absolute atomic E-state index is 14.0. The fourth-order valence-electron chi connectivity index (χ4n) is 4.01. The van der Waals surface area contributed by atoms with Crippen LogP contribution in [0.3, 0.4) is 0 Å². The van der Waals surface area contributed by atoms with E-state index in [2.05, 4.69) is 26.3 Å². The van der Waals surface area contributed by atoms with Crippen molar-refractivity contribution in [3.05, 3.63) is 53.3 Å². The molecule has 3 aromatic rings. The molecule has 6 nitrogen and oxygen atoms in total. The van der Waals surface area contributed by atoms with Gasteiger partial charge in [0.25, 0.3) is 0 Å². The summed E-state index contributed by atoms with van der Waals surface area (Å²) < 4.78 is 21.2. The van der Waals surface area contributed by atoms with Crippen LogP contribution < -0.4 is 9.64 Å². The van der Waals surface area contributed by atoms with Crippen molar-refractivity contribution >= 4 is 17.0 Å². The molecule has 0 amide bonds. The van der Waals surface area contributed by atoms with E-state index in [9.17, 15) is 9.50 Å². The van der Waals surface area contributed by atoms with Crippen LogP contribution in [-0.4, -0.2) is 66.2 Å². The average molecular weight is 431 g/mol. The topological polar surface area (TPSA) is 53.8 Å². The number of anilines is 1. The number of methoxy groups -OCH3 is 1. The van der Waals surface area contributed by atoms with Crippen LogP contribution >= 0.6 is 11.3 Å². The van der Waals surface area contributed by atoms with Gasteiger partial charge in [-0.15, -0.1) is 11.3 Å². The smallest absolute Gasteiger partial charge is 0.177 e. The van der Waals surface area contributed by atoms with Crippen molar-refractivity contribution in [2.24, 2.45) is 0 Å². The van der Waals surface area contributed by atoms with E-state index >= 15 is 0 Å². The summed E-state index contributed by atoms with van der Waals surface area (Å²) in [5, 5.41) is 15.9. The molecule has 4 rings (SSSR count). The summed E-state index contributed by atoms with van der Waals surface area (Å²) in [6.07, 6.45) is 2.83. The van der Waals surface area contributed by atoms with Crippen LogP contribution in [0, 0.1) is 5.82 Å². The minimum Gasteiger partial charge on any atom is -0.492 e. The van der Waals surface area contributed by atoms with Gasteiger partial charge in [-0.1, -0.05) is 12.1 Å². The minimum absolute atomic E-state index is 0.0744. The summed E-state index contributed by atoms with van der Waals surface area (Å²) in [7, 11) is 1.51. The van der Waals surface area contributed by atoms with E-state index in [4.69, 9.17) is 4.74 Å². The van der Waals surface area contributed by atoms with Gasteiger partial charge in [0.1, 0.15) is 0 Å². The Labute approximate surface area is 180 Å². The summed E-state index contributed by atoms with van der Waals surface area (Å²) in [4.78, 5) is 5.80. The number of thiophene rings is 1. The third kappa shape index (κ3) is 4.35. The molecule has 3 heterocycles. The number of aromatic nitrogens is 2. The van der Waals surface area contributed by atoms with Gasteiger partial charge in [0.2, 0.25) is 0 Å². The normalized spacial score (nSPS) is 15.0. The number of ether oxygens (including phenoxy) is 1. The van der Waals surface area contributed by atoms with Gasteiger partial charge in [-0.3, -0.25) is 9.58 Å². The fraction of sp³-hybridized carbons (Fsp3) is 0.409. The maximum Gasteiger partial charge on any atom is 0.177 e. The Kier molecular flexibility index (Phi) is 6.66. The number of rotatable bonds is 8. The second-order valence-electron chi connectivity index (χ2n) is 7.31. The minimum atomic E-state index is -0.321. The fourth-order valence-corrected chi connectivity index (χ4v) is 4.82. The van der Waals surface area contributed by atoms with Crippen LogP contribution in [0.1, 0.15) is 5.56 Å². The predicted octanol–water partition coefficient (Wildman–Crippen LogP) is 3.12. The van der Waals surface area contributed by atoms with E-state index < -0.39 is 0 Å². The summed E-state index contributed by atoms with van der Waals surface area (Å²) in [6.45, 7) is 5.02. The molecule has 0 spiro atoms. The molecule has 8 heteroatoms.